The van der Waals surface area contributed by atoms with E-state index in [2.05, 4.69) is 15.0 Å². The van der Waals surface area contributed by atoms with Crippen LogP contribution in [0.2, 0.25) is 10.0 Å². The van der Waals surface area contributed by atoms with Crippen molar-refractivity contribution in [3.05, 3.63) is 63.0 Å². The summed E-state index contributed by atoms with van der Waals surface area (Å²) in [7, 11) is 0. The van der Waals surface area contributed by atoms with Gasteiger partial charge in [0.1, 0.15) is 0 Å². The summed E-state index contributed by atoms with van der Waals surface area (Å²) < 4.78 is 13.9. The van der Waals surface area contributed by atoms with Gasteiger partial charge in [-0.3, -0.25) is 0 Å². The Kier molecular flexibility index (Phi) is 4.75. The lowest BCUT2D eigenvalue weighted by Gasteiger charge is -2.29. The van der Waals surface area contributed by atoms with Gasteiger partial charge in [0.2, 0.25) is 5.79 Å². The maximum Gasteiger partial charge on any atom is 0.215 e. The Hall–Kier alpha value is -1.76. The number of ether oxygens (including phenoxy) is 2. The minimum absolute atomic E-state index is 0.188. The van der Waals surface area contributed by atoms with Crippen LogP contribution in [0.4, 0.5) is 0 Å². The van der Waals surface area contributed by atoms with E-state index in [1.165, 1.54) is 0 Å². The zero-order valence-corrected chi connectivity index (χ0v) is 13.5. The van der Waals surface area contributed by atoms with Crippen LogP contribution < -0.4 is 0 Å². The van der Waals surface area contributed by atoms with Crippen LogP contribution >= 0.6 is 23.2 Å². The Bertz CT molecular complexity index is 733. The van der Waals surface area contributed by atoms with Crippen LogP contribution in [0.5, 0.6) is 0 Å². The molecular formula is C14H13Cl2N5O2. The molecule has 1 aliphatic heterocycles. The largest absolute Gasteiger partial charge is 0.342 e. The monoisotopic (exact) mass is 353 g/mol. The zero-order valence-electron chi connectivity index (χ0n) is 12.0. The molecule has 7 nitrogen and oxygen atoms in total. The van der Waals surface area contributed by atoms with Gasteiger partial charge in [0.25, 0.3) is 0 Å². The Morgan fingerprint density at radius 1 is 1.48 bits per heavy atom. The van der Waals surface area contributed by atoms with Gasteiger partial charge in [0, 0.05) is 27.9 Å². The number of rotatable bonds is 5. The average molecular weight is 354 g/mol. The van der Waals surface area contributed by atoms with Crippen LogP contribution in [-0.4, -0.2) is 28.8 Å². The average Bonchev–Trinajstić information content (AvgIpc) is 3.16. The first-order valence-corrected chi connectivity index (χ1v) is 7.62. The highest BCUT2D eigenvalue weighted by Gasteiger charge is 2.44. The van der Waals surface area contributed by atoms with Crippen LogP contribution in [0.25, 0.3) is 10.4 Å². The van der Waals surface area contributed by atoms with Crippen LogP contribution in [0, 0.1) is 0 Å². The number of azide groups is 1. The smallest absolute Gasteiger partial charge is 0.215 e. The zero-order chi connectivity index (χ0) is 16.3. The van der Waals surface area contributed by atoms with E-state index < -0.39 is 5.79 Å². The lowest BCUT2D eigenvalue weighted by Crippen LogP contribution is -2.34. The molecule has 0 aliphatic carbocycles. The summed E-state index contributed by atoms with van der Waals surface area (Å²) in [6, 6.07) is 5.14. The molecule has 0 bridgehead atoms. The van der Waals surface area contributed by atoms with Gasteiger partial charge in [-0.1, -0.05) is 34.4 Å². The molecule has 9 heteroatoms. The predicted octanol–water partition coefficient (Wildman–Crippen LogP) is 3.77. The molecule has 2 aromatic rings. The molecule has 0 amide bonds. The second-order valence-corrected chi connectivity index (χ2v) is 5.92. The molecule has 1 aromatic carbocycles. The fourth-order valence-corrected chi connectivity index (χ4v) is 3.06. The summed E-state index contributed by atoms with van der Waals surface area (Å²) in [6.45, 7) is 0.848. The van der Waals surface area contributed by atoms with Crippen molar-refractivity contribution in [3.8, 4) is 0 Å². The number of hydrogen-bond donors (Lipinski definition) is 0. The van der Waals surface area contributed by atoms with E-state index in [-0.39, 0.29) is 12.6 Å². The first-order chi connectivity index (χ1) is 11.1. The van der Waals surface area contributed by atoms with Crippen molar-refractivity contribution >= 4 is 23.2 Å². The van der Waals surface area contributed by atoms with Gasteiger partial charge >= 0.3 is 0 Å². The molecule has 1 fully saturated rings. The Labute approximate surface area is 142 Å². The van der Waals surface area contributed by atoms with E-state index in [9.17, 15) is 0 Å². The summed E-state index contributed by atoms with van der Waals surface area (Å²) in [6.07, 6.45) is 4.79. The van der Waals surface area contributed by atoms with Crippen LogP contribution in [0.15, 0.2) is 42.0 Å². The molecule has 2 heterocycles. The maximum absolute atomic E-state index is 8.47. The first-order valence-electron chi connectivity index (χ1n) is 6.87. The van der Waals surface area contributed by atoms with Crippen molar-refractivity contribution in [1.29, 1.82) is 0 Å². The third-order valence-corrected chi connectivity index (χ3v) is 4.05. The van der Waals surface area contributed by atoms with E-state index in [4.69, 9.17) is 38.2 Å². The molecule has 0 spiro atoms. The first kappa shape index (κ1) is 16.1. The van der Waals surface area contributed by atoms with Crippen molar-refractivity contribution < 1.29 is 9.47 Å². The molecule has 0 radical (unpaired) electrons. The highest BCUT2D eigenvalue weighted by atomic mass is 35.5. The second-order valence-electron chi connectivity index (χ2n) is 5.08. The summed E-state index contributed by atoms with van der Waals surface area (Å²) in [5.74, 6) is -1.09. The van der Waals surface area contributed by atoms with E-state index in [0.717, 1.165) is 0 Å². The van der Waals surface area contributed by atoms with Gasteiger partial charge < -0.3 is 14.0 Å². The summed E-state index contributed by atoms with van der Waals surface area (Å²) >= 11 is 12.3. The fourth-order valence-electron chi connectivity index (χ4n) is 2.51. The number of benzene rings is 1. The Balaban J connectivity index is 1.95. The Morgan fingerprint density at radius 3 is 3.04 bits per heavy atom. The molecule has 1 aromatic heterocycles. The van der Waals surface area contributed by atoms with Gasteiger partial charge in [-0.25, -0.2) is 4.98 Å². The molecule has 2 unspecified atom stereocenters. The highest BCUT2D eigenvalue weighted by molar-refractivity contribution is 6.35. The summed E-state index contributed by atoms with van der Waals surface area (Å²) in [4.78, 5) is 6.78. The second kappa shape index (κ2) is 6.78. The SMILES string of the molecule is [N-]=[N+]=NCC1COC(Cn2ccnc2)(c2ccc(Cl)cc2Cl)O1. The molecule has 3 rings (SSSR count). The lowest BCUT2D eigenvalue weighted by molar-refractivity contribution is -0.185. The number of nitrogens with zero attached hydrogens (tertiary/aromatic N) is 5. The Morgan fingerprint density at radius 2 is 2.35 bits per heavy atom. The number of hydrogen-bond acceptors (Lipinski definition) is 4. The van der Waals surface area contributed by atoms with Crippen LogP contribution in [-0.2, 0) is 21.8 Å². The quantitative estimate of drug-likeness (QED) is 0.465. The molecule has 1 saturated heterocycles. The van der Waals surface area contributed by atoms with Gasteiger partial charge in [0.05, 0.1) is 37.2 Å². The van der Waals surface area contributed by atoms with Gasteiger partial charge in [-0.15, -0.1) is 0 Å². The normalized spacial score (nSPS) is 23.7. The minimum atomic E-state index is -1.09. The van der Waals surface area contributed by atoms with Crippen molar-refractivity contribution in [2.75, 3.05) is 13.2 Å². The topological polar surface area (TPSA) is 85.0 Å². The van der Waals surface area contributed by atoms with E-state index >= 15 is 0 Å². The molecule has 2 atom stereocenters. The lowest BCUT2D eigenvalue weighted by atomic mass is 10.1. The van der Waals surface area contributed by atoms with Crippen molar-refractivity contribution in [2.45, 2.75) is 18.4 Å². The summed E-state index contributed by atoms with van der Waals surface area (Å²) in [5, 5.41) is 4.52. The highest BCUT2D eigenvalue weighted by Crippen LogP contribution is 2.40. The number of aromatic nitrogens is 2. The van der Waals surface area contributed by atoms with Gasteiger partial charge in [-0.2, -0.15) is 0 Å². The van der Waals surface area contributed by atoms with Crippen molar-refractivity contribution in [1.82, 2.24) is 9.55 Å². The molecule has 0 saturated carbocycles. The van der Waals surface area contributed by atoms with E-state index in [1.54, 1.807) is 36.9 Å². The number of halogens is 2. The maximum atomic E-state index is 8.47. The molecule has 120 valence electrons. The van der Waals surface area contributed by atoms with Gasteiger partial charge in [-0.05, 0) is 17.7 Å². The predicted molar refractivity (Wildman–Crippen MR) is 85.2 cm³/mol. The third kappa shape index (κ3) is 3.44. The molecule has 1 aliphatic rings. The molecule has 0 N–H and O–H groups in total. The third-order valence-electron chi connectivity index (χ3n) is 3.50. The van der Waals surface area contributed by atoms with Crippen LogP contribution in [0.3, 0.4) is 0 Å². The minimum Gasteiger partial charge on any atom is -0.342 e. The van der Waals surface area contributed by atoms with Crippen LogP contribution in [0.1, 0.15) is 5.56 Å². The number of imidazole rings is 1. The van der Waals surface area contributed by atoms with Crippen molar-refractivity contribution in [2.24, 2.45) is 5.11 Å². The standard InChI is InChI=1S/C14H13Cl2N5O2/c15-10-1-2-12(13(16)5-10)14(8-21-4-3-18-9-21)22-7-11(23-14)6-19-20-17/h1-5,9,11H,6-8H2. The molecule has 23 heavy (non-hydrogen) atoms. The van der Waals surface area contributed by atoms with E-state index in [1.807, 2.05) is 4.57 Å². The molecular weight excluding hydrogens is 341 g/mol. The summed E-state index contributed by atoms with van der Waals surface area (Å²) in [5.41, 5.74) is 9.14. The van der Waals surface area contributed by atoms with Gasteiger partial charge in [0.15, 0.2) is 0 Å². The van der Waals surface area contributed by atoms with Crippen molar-refractivity contribution in [3.63, 3.8) is 0 Å². The van der Waals surface area contributed by atoms with E-state index in [0.29, 0.717) is 28.8 Å². The fraction of sp³-hybridized carbons (Fsp3) is 0.357.